The minimum absolute atomic E-state index is 0.271. The minimum Gasteiger partial charge on any atom is -0.541 e. The molecule has 0 saturated carbocycles. The Morgan fingerprint density at radius 1 is 1.26 bits per heavy atom. The largest absolute Gasteiger partial charge is 0.541 e. The summed E-state index contributed by atoms with van der Waals surface area (Å²) in [4.78, 5) is 40.6. The molecule has 1 heterocycles. The highest BCUT2D eigenvalue weighted by Crippen LogP contribution is 2.23. The number of benzene rings is 1. The molecular weight excluding hydrogens is 249 g/mol. The van der Waals surface area contributed by atoms with Crippen molar-refractivity contribution < 1.29 is 23.9 Å². The molecule has 6 nitrogen and oxygen atoms in total. The third kappa shape index (κ3) is 2.24. The van der Waals surface area contributed by atoms with Gasteiger partial charge in [0.1, 0.15) is 0 Å². The Kier molecular flexibility index (Phi) is 3.66. The number of hydrogen-bond donors (Lipinski definition) is 0. The number of hydrogen-bond acceptors (Lipinski definition) is 5. The molecule has 0 aromatic heterocycles. The summed E-state index contributed by atoms with van der Waals surface area (Å²) in [6.07, 6.45) is -0.688. The number of carbonyl (C=O) groups excluding carboxylic acids is 3. The van der Waals surface area contributed by atoms with Crippen molar-refractivity contribution in [2.75, 3.05) is 0 Å². The van der Waals surface area contributed by atoms with E-state index < -0.39 is 23.9 Å². The van der Waals surface area contributed by atoms with Crippen LogP contribution in [-0.2, 0) is 14.3 Å². The van der Waals surface area contributed by atoms with Crippen molar-refractivity contribution in [1.82, 2.24) is 5.06 Å². The lowest BCUT2D eigenvalue weighted by Gasteiger charge is -2.19. The van der Waals surface area contributed by atoms with Gasteiger partial charge >= 0.3 is 14.0 Å². The summed E-state index contributed by atoms with van der Waals surface area (Å²) in [5.41, 5.74) is 0.541. The van der Waals surface area contributed by atoms with Crippen LogP contribution < -0.4 is 0 Å². The highest BCUT2D eigenvalue weighted by atomic mass is 16.7. The Morgan fingerprint density at radius 3 is 2.21 bits per heavy atom. The Bertz CT molecular complexity index is 510. The van der Waals surface area contributed by atoms with Gasteiger partial charge in [-0.15, -0.1) is 5.06 Å². The molecule has 7 heteroatoms. The maximum Gasteiger partial charge on any atom is 0.326 e. The second kappa shape index (κ2) is 5.23. The first kappa shape index (κ1) is 13.3. The predicted molar refractivity (Wildman–Crippen MR) is 66.7 cm³/mol. The van der Waals surface area contributed by atoms with Gasteiger partial charge < -0.3 is 4.65 Å². The van der Waals surface area contributed by atoms with Gasteiger partial charge in [-0.05, 0) is 18.6 Å². The summed E-state index contributed by atoms with van der Waals surface area (Å²) < 4.78 is 4.55. The average Bonchev–Trinajstić information content (AvgIpc) is 2.68. The summed E-state index contributed by atoms with van der Waals surface area (Å²) in [5, 5.41) is 0.621. The molecule has 2 amide bonds. The number of imide groups is 1. The molecule has 0 saturated heterocycles. The fourth-order valence-corrected chi connectivity index (χ4v) is 1.81. The second-order valence-electron chi connectivity index (χ2n) is 3.98. The number of hydroxylamine groups is 2. The van der Waals surface area contributed by atoms with E-state index in [-0.39, 0.29) is 11.1 Å². The van der Waals surface area contributed by atoms with Gasteiger partial charge in [0.15, 0.2) is 6.10 Å². The normalized spacial score (nSPS) is 15.3. The monoisotopic (exact) mass is 261 g/mol. The van der Waals surface area contributed by atoms with Crippen molar-refractivity contribution in [2.24, 2.45) is 0 Å². The van der Waals surface area contributed by atoms with Crippen molar-refractivity contribution in [3.8, 4) is 0 Å². The van der Waals surface area contributed by atoms with E-state index >= 15 is 0 Å². The maximum absolute atomic E-state index is 12.0. The second-order valence-corrected chi connectivity index (χ2v) is 3.98. The highest BCUT2D eigenvalue weighted by Gasteiger charge is 2.39. The number of carbonyl (C=O) groups is 3. The zero-order valence-electron chi connectivity index (χ0n) is 10.6. The number of amides is 2. The first-order valence-electron chi connectivity index (χ1n) is 5.82. The van der Waals surface area contributed by atoms with Gasteiger partial charge in [-0.25, -0.2) is 4.84 Å². The molecular formula is C12H12BNO5. The molecule has 0 N–H and O–H groups in total. The SMILES string of the molecule is BOC(=O)[C@H](CC)ON1C(=O)c2ccccc2C1=O. The van der Waals surface area contributed by atoms with Gasteiger partial charge in [0, 0.05) is 0 Å². The topological polar surface area (TPSA) is 72.9 Å². The third-order valence-corrected chi connectivity index (χ3v) is 2.82. The highest BCUT2D eigenvalue weighted by molar-refractivity contribution is 6.20. The lowest BCUT2D eigenvalue weighted by molar-refractivity contribution is -0.172. The van der Waals surface area contributed by atoms with E-state index in [0.717, 1.165) is 0 Å². The standard InChI is InChI=1S/C12H12BNO5/c1-2-9(12(17)18-13)19-14-10(15)7-5-3-4-6-8(7)11(14)16/h3-6,9H,2,13H2,1H3/t9-/m0/s1. The lowest BCUT2D eigenvalue weighted by Crippen LogP contribution is -2.38. The van der Waals surface area contributed by atoms with Gasteiger partial charge in [-0.2, -0.15) is 0 Å². The van der Waals surface area contributed by atoms with Crippen molar-refractivity contribution >= 4 is 25.8 Å². The van der Waals surface area contributed by atoms with E-state index in [1.54, 1.807) is 19.1 Å². The summed E-state index contributed by atoms with van der Waals surface area (Å²) in [6, 6.07) is 6.40. The molecule has 1 atom stereocenters. The maximum atomic E-state index is 12.0. The number of nitrogens with zero attached hydrogens (tertiary/aromatic N) is 1. The smallest absolute Gasteiger partial charge is 0.326 e. The first-order valence-corrected chi connectivity index (χ1v) is 5.82. The van der Waals surface area contributed by atoms with E-state index in [9.17, 15) is 14.4 Å². The quantitative estimate of drug-likeness (QED) is 0.567. The van der Waals surface area contributed by atoms with Crippen molar-refractivity contribution in [3.05, 3.63) is 35.4 Å². The summed E-state index contributed by atoms with van der Waals surface area (Å²) in [5.74, 6) is -1.76. The molecule has 0 radical (unpaired) electrons. The van der Waals surface area contributed by atoms with E-state index in [4.69, 9.17) is 4.84 Å². The molecule has 1 aromatic rings. The zero-order valence-corrected chi connectivity index (χ0v) is 10.6. The van der Waals surface area contributed by atoms with Crippen molar-refractivity contribution in [2.45, 2.75) is 19.4 Å². The molecule has 1 aliphatic rings. The summed E-state index contributed by atoms with van der Waals surface area (Å²) >= 11 is 0. The van der Waals surface area contributed by atoms with Crippen LogP contribution >= 0.6 is 0 Å². The van der Waals surface area contributed by atoms with E-state index in [2.05, 4.69) is 4.65 Å². The molecule has 1 aliphatic heterocycles. The summed E-state index contributed by atoms with van der Waals surface area (Å²) in [6.45, 7) is 1.69. The summed E-state index contributed by atoms with van der Waals surface area (Å²) in [7, 11) is 1.22. The third-order valence-electron chi connectivity index (χ3n) is 2.82. The van der Waals surface area contributed by atoms with Crippen LogP contribution in [0.4, 0.5) is 0 Å². The minimum atomic E-state index is -0.979. The van der Waals surface area contributed by atoms with Gasteiger partial charge in [0.25, 0.3) is 11.8 Å². The molecule has 2 rings (SSSR count). The molecule has 0 fully saturated rings. The Balaban J connectivity index is 2.22. The molecule has 0 spiro atoms. The van der Waals surface area contributed by atoms with Crippen LogP contribution in [0.2, 0.25) is 0 Å². The predicted octanol–water partition coefficient (Wildman–Crippen LogP) is 0.0841. The van der Waals surface area contributed by atoms with Crippen LogP contribution in [0.25, 0.3) is 0 Å². The molecule has 1 aromatic carbocycles. The van der Waals surface area contributed by atoms with Crippen LogP contribution in [0.15, 0.2) is 24.3 Å². The van der Waals surface area contributed by atoms with Crippen molar-refractivity contribution in [1.29, 1.82) is 0 Å². The van der Waals surface area contributed by atoms with Gasteiger partial charge in [0.05, 0.1) is 11.1 Å². The van der Waals surface area contributed by atoms with Gasteiger partial charge in [-0.1, -0.05) is 19.1 Å². The number of rotatable bonds is 4. The van der Waals surface area contributed by atoms with Crippen LogP contribution in [-0.4, -0.2) is 37.0 Å². The zero-order chi connectivity index (χ0) is 14.0. The number of fused-ring (bicyclic) bond motifs is 1. The Morgan fingerprint density at radius 2 is 1.79 bits per heavy atom. The lowest BCUT2D eigenvalue weighted by atomic mass is 10.1. The van der Waals surface area contributed by atoms with Crippen LogP contribution in [0.5, 0.6) is 0 Å². The van der Waals surface area contributed by atoms with Gasteiger partial charge in [-0.3, -0.25) is 14.4 Å². The van der Waals surface area contributed by atoms with E-state index in [0.29, 0.717) is 11.5 Å². The molecule has 0 bridgehead atoms. The van der Waals surface area contributed by atoms with Crippen LogP contribution in [0.3, 0.4) is 0 Å². The average molecular weight is 261 g/mol. The molecule has 19 heavy (non-hydrogen) atoms. The van der Waals surface area contributed by atoms with Crippen LogP contribution in [0, 0.1) is 0 Å². The molecule has 0 aliphatic carbocycles. The molecule has 0 unspecified atom stereocenters. The Hall–Kier alpha value is -2.15. The van der Waals surface area contributed by atoms with E-state index in [1.807, 2.05) is 0 Å². The van der Waals surface area contributed by atoms with Crippen molar-refractivity contribution in [3.63, 3.8) is 0 Å². The van der Waals surface area contributed by atoms with E-state index in [1.165, 1.54) is 20.2 Å². The van der Waals surface area contributed by atoms with Crippen LogP contribution in [0.1, 0.15) is 34.1 Å². The fraction of sp³-hybridized carbons (Fsp3) is 0.250. The molecule has 98 valence electrons. The van der Waals surface area contributed by atoms with Gasteiger partial charge in [0.2, 0.25) is 0 Å². The fourth-order valence-electron chi connectivity index (χ4n) is 1.81. The first-order chi connectivity index (χ1) is 9.10. The Labute approximate surface area is 110 Å².